The number of aliphatic hydroxyl groups excluding tert-OH is 1. The van der Waals surface area contributed by atoms with Crippen LogP contribution in [0.5, 0.6) is 0 Å². The number of rotatable bonds is 14. The van der Waals surface area contributed by atoms with E-state index < -0.39 is 59.1 Å². The Labute approximate surface area is 368 Å². The van der Waals surface area contributed by atoms with Crippen LogP contribution in [0.15, 0.2) is 60.7 Å². The minimum absolute atomic E-state index is 0.110. The number of carbonyl (C=O) groups excluding carboxylic acids is 2. The van der Waals surface area contributed by atoms with Gasteiger partial charge in [-0.15, -0.1) is 0 Å². The van der Waals surface area contributed by atoms with Gasteiger partial charge in [-0.1, -0.05) is 90.1 Å². The molecule has 2 aromatic rings. The number of methoxy groups -OCH3 is 1. The van der Waals surface area contributed by atoms with Crippen molar-refractivity contribution in [1.82, 2.24) is 0 Å². The molecule has 12 nitrogen and oxygen atoms in total. The molecule has 5 aliphatic heterocycles. The molecule has 0 saturated carbocycles. The quantitative estimate of drug-likeness (QED) is 0.179. The van der Waals surface area contributed by atoms with Gasteiger partial charge in [-0.3, -0.25) is 4.79 Å². The fourth-order valence-electron chi connectivity index (χ4n) is 11.6. The Morgan fingerprint density at radius 1 is 0.887 bits per heavy atom. The third-order valence-electron chi connectivity index (χ3n) is 15.4. The van der Waals surface area contributed by atoms with E-state index in [9.17, 15) is 19.8 Å². The molecule has 0 aromatic heterocycles. The first-order valence-electron chi connectivity index (χ1n) is 23.2. The van der Waals surface area contributed by atoms with E-state index in [1.807, 2.05) is 64.1 Å². The molecular formula is C50H72O12. The van der Waals surface area contributed by atoms with Crippen LogP contribution in [0, 0.1) is 35.5 Å². The summed E-state index contributed by atoms with van der Waals surface area (Å²) in [6.45, 7) is 16.3. The standard InChI is InChI=1S/C50H72O12/c1-10-48(44-31(3)26-39(58-44)41-30(2)25-32(4)50(54,61-41)29-57-46(53)37-19-15-12-16-20-37)22-21-40(59-48)47(8)23-24-49(62-47)27-38(51)33(5)43(60-49)34(6)42(55-9)35(7)45(52)56-28-36-17-13-11-14-18-36/h11-20,30-35,38-44,51,54H,10,21-29H2,1-9H3/t30-,31-,32+,33+,34-,35-,38-,39+,40+,41-,42+,43-,44+,47-,48-,49+,50-/m0/s1. The minimum atomic E-state index is -1.64. The average molecular weight is 865 g/mol. The number of carbonyl (C=O) groups is 2. The van der Waals surface area contributed by atoms with Crippen LogP contribution in [-0.4, -0.2) is 101 Å². The molecule has 5 aliphatic rings. The Bertz CT molecular complexity index is 1810. The van der Waals surface area contributed by atoms with Gasteiger partial charge in [-0.05, 0) is 81.9 Å². The number of ether oxygens (including phenoxy) is 8. The summed E-state index contributed by atoms with van der Waals surface area (Å²) in [6.07, 6.45) is 2.66. The molecule has 62 heavy (non-hydrogen) atoms. The van der Waals surface area contributed by atoms with Crippen molar-refractivity contribution in [1.29, 1.82) is 0 Å². The predicted octanol–water partition coefficient (Wildman–Crippen LogP) is 7.80. The van der Waals surface area contributed by atoms with Crippen LogP contribution in [0.2, 0.25) is 0 Å². The normalized spacial score (nSPS) is 41.1. The van der Waals surface area contributed by atoms with E-state index in [4.69, 9.17) is 37.9 Å². The van der Waals surface area contributed by atoms with Gasteiger partial charge < -0.3 is 48.1 Å². The van der Waals surface area contributed by atoms with Crippen molar-refractivity contribution in [2.24, 2.45) is 35.5 Å². The summed E-state index contributed by atoms with van der Waals surface area (Å²) in [4.78, 5) is 26.1. The Kier molecular flexibility index (Phi) is 14.3. The monoisotopic (exact) mass is 865 g/mol. The smallest absolute Gasteiger partial charge is 0.338 e. The summed E-state index contributed by atoms with van der Waals surface area (Å²) in [5.74, 6) is -4.55. The molecule has 0 amide bonds. The first kappa shape index (κ1) is 47.0. The van der Waals surface area contributed by atoms with E-state index >= 15 is 0 Å². The predicted molar refractivity (Wildman–Crippen MR) is 231 cm³/mol. The SMILES string of the molecule is CC[C@@]1([C@@H]2O[C@@H]([C@H]3O[C@@](O)(COC(=O)c4ccccc4)[C@H](C)C[C@@H]3C)C[C@@H]2C)CC[C@H]([C@]2(C)CC[C@]3(C[C@H](O)[C@@H](C)[C@@H]([C@@H](C)[C@@H](OC)[C@H](C)C(=O)OCc4ccccc4)O3)O2)O1. The van der Waals surface area contributed by atoms with Gasteiger partial charge >= 0.3 is 11.9 Å². The number of aliphatic hydroxyl groups is 2. The third kappa shape index (κ3) is 9.41. The van der Waals surface area contributed by atoms with E-state index in [0.717, 1.165) is 31.2 Å². The van der Waals surface area contributed by atoms with Crippen molar-refractivity contribution in [2.45, 2.75) is 179 Å². The maximum atomic E-state index is 13.3. The highest BCUT2D eigenvalue weighted by Crippen LogP contribution is 2.55. The second kappa shape index (κ2) is 18.9. The van der Waals surface area contributed by atoms with Crippen molar-refractivity contribution < 1.29 is 57.7 Å². The number of hydrogen-bond acceptors (Lipinski definition) is 12. The van der Waals surface area contributed by atoms with Gasteiger partial charge in [-0.2, -0.15) is 0 Å². The molecule has 7 rings (SSSR count). The second-order valence-corrected chi connectivity index (χ2v) is 19.8. The highest BCUT2D eigenvalue weighted by atomic mass is 16.7. The Balaban J connectivity index is 0.987. The Morgan fingerprint density at radius 3 is 2.26 bits per heavy atom. The molecule has 5 heterocycles. The van der Waals surface area contributed by atoms with Crippen LogP contribution in [0.1, 0.15) is 123 Å². The van der Waals surface area contributed by atoms with Crippen LogP contribution < -0.4 is 0 Å². The van der Waals surface area contributed by atoms with E-state index in [0.29, 0.717) is 31.2 Å². The van der Waals surface area contributed by atoms with Crippen molar-refractivity contribution in [3.05, 3.63) is 71.8 Å². The summed E-state index contributed by atoms with van der Waals surface area (Å²) >= 11 is 0. The number of esters is 2. The molecule has 0 radical (unpaired) electrons. The first-order valence-corrected chi connectivity index (χ1v) is 23.2. The molecule has 5 saturated heterocycles. The van der Waals surface area contributed by atoms with Crippen LogP contribution in [-0.2, 0) is 49.3 Å². The van der Waals surface area contributed by atoms with Gasteiger partial charge in [0.05, 0.1) is 65.4 Å². The van der Waals surface area contributed by atoms with Gasteiger partial charge in [0.15, 0.2) is 5.79 Å². The van der Waals surface area contributed by atoms with Gasteiger partial charge in [-0.25, -0.2) is 4.79 Å². The van der Waals surface area contributed by atoms with Crippen LogP contribution in [0.4, 0.5) is 0 Å². The summed E-state index contributed by atoms with van der Waals surface area (Å²) < 4.78 is 52.1. The topological polar surface area (TPSA) is 148 Å². The number of benzene rings is 2. The molecule has 17 atom stereocenters. The van der Waals surface area contributed by atoms with E-state index in [1.54, 1.807) is 31.4 Å². The lowest BCUT2D eigenvalue weighted by atomic mass is 9.78. The average Bonchev–Trinajstić information content (AvgIpc) is 3.98. The molecule has 12 heteroatoms. The van der Waals surface area contributed by atoms with Crippen LogP contribution >= 0.6 is 0 Å². The fourth-order valence-corrected chi connectivity index (χ4v) is 11.6. The molecule has 0 unspecified atom stereocenters. The largest absolute Gasteiger partial charge is 0.461 e. The van der Waals surface area contributed by atoms with E-state index in [-0.39, 0.29) is 67.1 Å². The van der Waals surface area contributed by atoms with Gasteiger partial charge in [0.1, 0.15) is 13.2 Å². The zero-order valence-electron chi connectivity index (χ0n) is 38.3. The summed E-state index contributed by atoms with van der Waals surface area (Å²) in [5, 5.41) is 23.4. The molecule has 0 bridgehead atoms. The van der Waals surface area contributed by atoms with Gasteiger partial charge in [0.2, 0.25) is 5.79 Å². The Hall–Kier alpha value is -2.94. The van der Waals surface area contributed by atoms with Crippen LogP contribution in [0.3, 0.4) is 0 Å². The molecule has 1 spiro atoms. The lowest BCUT2D eigenvalue weighted by Crippen LogP contribution is -2.57. The van der Waals surface area contributed by atoms with Crippen LogP contribution in [0.25, 0.3) is 0 Å². The van der Waals surface area contributed by atoms with Crippen molar-refractivity contribution in [3.8, 4) is 0 Å². The molecule has 344 valence electrons. The van der Waals surface area contributed by atoms with Crippen molar-refractivity contribution in [2.75, 3.05) is 13.7 Å². The summed E-state index contributed by atoms with van der Waals surface area (Å²) in [7, 11) is 1.61. The van der Waals surface area contributed by atoms with Gasteiger partial charge in [0, 0.05) is 37.7 Å². The fraction of sp³-hybridized carbons (Fsp3) is 0.720. The zero-order valence-corrected chi connectivity index (χ0v) is 38.3. The molecule has 5 fully saturated rings. The lowest BCUT2D eigenvalue weighted by Gasteiger charge is -2.49. The Morgan fingerprint density at radius 2 is 1.58 bits per heavy atom. The maximum absolute atomic E-state index is 13.3. The lowest BCUT2D eigenvalue weighted by molar-refractivity contribution is -0.336. The molecule has 2 N–H and O–H groups in total. The van der Waals surface area contributed by atoms with E-state index in [2.05, 4.69) is 27.7 Å². The third-order valence-corrected chi connectivity index (χ3v) is 15.4. The summed E-state index contributed by atoms with van der Waals surface area (Å²) in [5.41, 5.74) is 0.108. The molecule has 0 aliphatic carbocycles. The van der Waals surface area contributed by atoms with Crippen molar-refractivity contribution in [3.63, 3.8) is 0 Å². The first-order chi connectivity index (χ1) is 29.5. The van der Waals surface area contributed by atoms with E-state index in [1.165, 1.54) is 0 Å². The minimum Gasteiger partial charge on any atom is -0.461 e. The highest BCUT2D eigenvalue weighted by Gasteiger charge is 2.62. The zero-order chi connectivity index (χ0) is 44.6. The van der Waals surface area contributed by atoms with Crippen molar-refractivity contribution >= 4 is 11.9 Å². The molecule has 2 aromatic carbocycles. The maximum Gasteiger partial charge on any atom is 0.338 e. The second-order valence-electron chi connectivity index (χ2n) is 19.8. The highest BCUT2D eigenvalue weighted by molar-refractivity contribution is 5.89. The van der Waals surface area contributed by atoms with Gasteiger partial charge in [0.25, 0.3) is 0 Å². The number of hydrogen-bond donors (Lipinski definition) is 2. The summed E-state index contributed by atoms with van der Waals surface area (Å²) in [6, 6.07) is 18.4. The molecular weight excluding hydrogens is 793 g/mol.